The fourth-order valence-corrected chi connectivity index (χ4v) is 3.09. The Balaban J connectivity index is 1.93. The summed E-state index contributed by atoms with van der Waals surface area (Å²) in [5, 5.41) is 2.96. The van der Waals surface area contributed by atoms with Crippen LogP contribution in [-0.4, -0.2) is 15.0 Å². The lowest BCUT2D eigenvalue weighted by atomic mass is 9.87. The molecule has 1 atom stereocenters. The first-order valence-electron chi connectivity index (χ1n) is 7.65. The highest BCUT2D eigenvalue weighted by Crippen LogP contribution is 2.29. The van der Waals surface area contributed by atoms with Crippen molar-refractivity contribution in [3.05, 3.63) is 68.0 Å². The smallest absolute Gasteiger partial charge is 0.331 e. The van der Waals surface area contributed by atoms with Crippen molar-refractivity contribution in [1.29, 1.82) is 0 Å². The van der Waals surface area contributed by atoms with Gasteiger partial charge >= 0.3 is 5.69 Å². The SMILES string of the molecule is Cn1c(C(=O)N[C@H]2CCCc3ccccc32)cc(=O)n(C)c1=O. The van der Waals surface area contributed by atoms with Gasteiger partial charge in [-0.15, -0.1) is 0 Å². The minimum Gasteiger partial charge on any atom is -0.344 e. The molecule has 23 heavy (non-hydrogen) atoms. The van der Waals surface area contributed by atoms with Crippen LogP contribution in [0.4, 0.5) is 0 Å². The van der Waals surface area contributed by atoms with Gasteiger partial charge in [-0.2, -0.15) is 0 Å². The van der Waals surface area contributed by atoms with Crippen LogP contribution in [0.5, 0.6) is 0 Å². The van der Waals surface area contributed by atoms with E-state index in [-0.39, 0.29) is 11.7 Å². The Bertz CT molecular complexity index is 879. The van der Waals surface area contributed by atoms with Crippen LogP contribution in [-0.2, 0) is 20.5 Å². The van der Waals surface area contributed by atoms with Crippen LogP contribution in [0.3, 0.4) is 0 Å². The first-order valence-corrected chi connectivity index (χ1v) is 7.65. The molecule has 6 heteroatoms. The molecule has 0 saturated carbocycles. The van der Waals surface area contributed by atoms with Gasteiger partial charge in [0.25, 0.3) is 11.5 Å². The maximum Gasteiger partial charge on any atom is 0.331 e. The minimum atomic E-state index is -0.508. The summed E-state index contributed by atoms with van der Waals surface area (Å²) in [6, 6.07) is 9.15. The van der Waals surface area contributed by atoms with Crippen molar-refractivity contribution in [3.63, 3.8) is 0 Å². The predicted octanol–water partition coefficient (Wildman–Crippen LogP) is 0.891. The summed E-state index contributed by atoms with van der Waals surface area (Å²) in [6.07, 6.45) is 2.85. The van der Waals surface area contributed by atoms with E-state index in [1.165, 1.54) is 30.3 Å². The highest BCUT2D eigenvalue weighted by Gasteiger charge is 2.23. The zero-order valence-corrected chi connectivity index (χ0v) is 13.2. The van der Waals surface area contributed by atoms with E-state index < -0.39 is 17.2 Å². The lowest BCUT2D eigenvalue weighted by molar-refractivity contribution is 0.0922. The quantitative estimate of drug-likeness (QED) is 0.895. The van der Waals surface area contributed by atoms with E-state index in [2.05, 4.69) is 11.4 Å². The number of rotatable bonds is 2. The molecule has 3 rings (SSSR count). The molecule has 1 amide bonds. The summed E-state index contributed by atoms with van der Waals surface area (Å²) >= 11 is 0. The number of carbonyl (C=O) groups is 1. The topological polar surface area (TPSA) is 73.1 Å². The van der Waals surface area contributed by atoms with E-state index in [0.717, 1.165) is 29.4 Å². The molecule has 1 aliphatic carbocycles. The van der Waals surface area contributed by atoms with E-state index in [0.29, 0.717) is 0 Å². The highest BCUT2D eigenvalue weighted by molar-refractivity contribution is 5.92. The molecule has 0 fully saturated rings. The number of carbonyl (C=O) groups excluding carboxylic acids is 1. The predicted molar refractivity (Wildman–Crippen MR) is 86.5 cm³/mol. The molecule has 0 spiro atoms. The van der Waals surface area contributed by atoms with Crippen molar-refractivity contribution in [2.45, 2.75) is 25.3 Å². The zero-order valence-electron chi connectivity index (χ0n) is 13.2. The molecule has 1 aromatic carbocycles. The van der Waals surface area contributed by atoms with Crippen LogP contribution >= 0.6 is 0 Å². The number of benzene rings is 1. The maximum absolute atomic E-state index is 12.5. The third-order valence-electron chi connectivity index (χ3n) is 4.43. The molecule has 0 radical (unpaired) electrons. The van der Waals surface area contributed by atoms with Gasteiger partial charge in [-0.25, -0.2) is 4.79 Å². The first kappa shape index (κ1) is 15.3. The van der Waals surface area contributed by atoms with E-state index in [1.807, 2.05) is 18.2 Å². The average molecular weight is 313 g/mol. The van der Waals surface area contributed by atoms with Gasteiger partial charge in [-0.1, -0.05) is 24.3 Å². The molecule has 1 heterocycles. The number of aryl methyl sites for hydroxylation is 1. The Morgan fingerprint density at radius 1 is 1.17 bits per heavy atom. The second-order valence-electron chi connectivity index (χ2n) is 5.89. The second-order valence-corrected chi connectivity index (χ2v) is 5.89. The number of hydrogen-bond donors (Lipinski definition) is 1. The molecule has 0 bridgehead atoms. The zero-order chi connectivity index (χ0) is 16.6. The van der Waals surface area contributed by atoms with Gasteiger partial charge in [0.2, 0.25) is 0 Å². The molecule has 0 saturated heterocycles. The fraction of sp³-hybridized carbons (Fsp3) is 0.353. The number of nitrogens with one attached hydrogen (secondary N) is 1. The van der Waals surface area contributed by atoms with Crippen LogP contribution in [0.1, 0.15) is 40.5 Å². The van der Waals surface area contributed by atoms with Gasteiger partial charge in [0.15, 0.2) is 0 Å². The van der Waals surface area contributed by atoms with Crippen LogP contribution < -0.4 is 16.6 Å². The normalized spacial score (nSPS) is 16.7. The minimum absolute atomic E-state index is 0.0844. The van der Waals surface area contributed by atoms with Gasteiger partial charge in [-0.05, 0) is 30.4 Å². The van der Waals surface area contributed by atoms with Crippen LogP contribution in [0.2, 0.25) is 0 Å². The molecule has 1 aromatic heterocycles. The van der Waals surface area contributed by atoms with Crippen molar-refractivity contribution >= 4 is 5.91 Å². The molecule has 1 aliphatic rings. The largest absolute Gasteiger partial charge is 0.344 e. The van der Waals surface area contributed by atoms with Crippen molar-refractivity contribution in [2.75, 3.05) is 0 Å². The fourth-order valence-electron chi connectivity index (χ4n) is 3.09. The molecule has 2 aromatic rings. The summed E-state index contributed by atoms with van der Waals surface area (Å²) in [5.41, 5.74) is 1.44. The van der Waals surface area contributed by atoms with Crippen molar-refractivity contribution in [1.82, 2.24) is 14.5 Å². The molecule has 0 aliphatic heterocycles. The standard InChI is InChI=1S/C17H19N3O3/c1-19-14(10-15(21)20(2)17(19)23)16(22)18-13-9-5-7-11-6-3-4-8-12(11)13/h3-4,6,8,10,13H,5,7,9H2,1-2H3,(H,18,22)/t13-/m0/s1. The number of nitrogens with zero attached hydrogens (tertiary/aromatic N) is 2. The number of hydrogen-bond acceptors (Lipinski definition) is 3. The Hall–Kier alpha value is -2.63. The number of aromatic nitrogens is 2. The highest BCUT2D eigenvalue weighted by atomic mass is 16.2. The molecule has 6 nitrogen and oxygen atoms in total. The monoisotopic (exact) mass is 313 g/mol. The summed E-state index contributed by atoms with van der Waals surface area (Å²) in [6.45, 7) is 0. The number of fused-ring (bicyclic) bond motifs is 1. The Kier molecular flexibility index (Phi) is 3.90. The van der Waals surface area contributed by atoms with Crippen LogP contribution in [0.25, 0.3) is 0 Å². The lowest BCUT2D eigenvalue weighted by Gasteiger charge is -2.26. The summed E-state index contributed by atoms with van der Waals surface area (Å²) in [7, 11) is 2.88. The summed E-state index contributed by atoms with van der Waals surface area (Å²) < 4.78 is 2.18. The lowest BCUT2D eigenvalue weighted by Crippen LogP contribution is -2.42. The van der Waals surface area contributed by atoms with Gasteiger partial charge in [0.1, 0.15) is 5.69 Å². The van der Waals surface area contributed by atoms with E-state index in [9.17, 15) is 14.4 Å². The molecular formula is C17H19N3O3. The van der Waals surface area contributed by atoms with Gasteiger partial charge in [-0.3, -0.25) is 18.7 Å². The molecule has 120 valence electrons. The Labute approximate surface area is 133 Å². The third kappa shape index (κ3) is 2.72. The van der Waals surface area contributed by atoms with E-state index >= 15 is 0 Å². The average Bonchev–Trinajstić information content (AvgIpc) is 2.56. The van der Waals surface area contributed by atoms with Crippen molar-refractivity contribution in [3.8, 4) is 0 Å². The van der Waals surface area contributed by atoms with E-state index in [1.54, 1.807) is 0 Å². The Morgan fingerprint density at radius 2 is 1.91 bits per heavy atom. The third-order valence-corrected chi connectivity index (χ3v) is 4.43. The number of amides is 1. The molecule has 1 N–H and O–H groups in total. The van der Waals surface area contributed by atoms with Gasteiger partial charge in [0, 0.05) is 20.2 Å². The summed E-state index contributed by atoms with van der Waals surface area (Å²) in [5.74, 6) is -0.399. The molecule has 0 unspecified atom stereocenters. The van der Waals surface area contributed by atoms with Gasteiger partial charge in [0.05, 0.1) is 6.04 Å². The maximum atomic E-state index is 12.5. The van der Waals surface area contributed by atoms with Crippen molar-refractivity contribution < 1.29 is 4.79 Å². The molecular weight excluding hydrogens is 294 g/mol. The first-order chi connectivity index (χ1) is 11.0. The second kappa shape index (κ2) is 5.87. The Morgan fingerprint density at radius 3 is 2.70 bits per heavy atom. The summed E-state index contributed by atoms with van der Waals surface area (Å²) in [4.78, 5) is 36.3. The van der Waals surface area contributed by atoms with Crippen LogP contribution in [0.15, 0.2) is 39.9 Å². The van der Waals surface area contributed by atoms with E-state index in [4.69, 9.17) is 0 Å². The van der Waals surface area contributed by atoms with Crippen molar-refractivity contribution in [2.24, 2.45) is 14.1 Å². The van der Waals surface area contributed by atoms with Gasteiger partial charge < -0.3 is 5.32 Å². The van der Waals surface area contributed by atoms with Crippen LogP contribution in [0, 0.1) is 0 Å².